The van der Waals surface area contributed by atoms with Crippen molar-refractivity contribution in [3.05, 3.63) is 75.7 Å². The largest absolute Gasteiger partial charge is 0.417 e. The molecule has 30 heavy (non-hydrogen) atoms. The van der Waals surface area contributed by atoms with E-state index in [1.165, 1.54) is 6.07 Å². The van der Waals surface area contributed by atoms with Gasteiger partial charge in [0, 0.05) is 17.2 Å². The van der Waals surface area contributed by atoms with Gasteiger partial charge in [0.2, 0.25) is 0 Å². The number of halogens is 3. The van der Waals surface area contributed by atoms with Gasteiger partial charge in [0.15, 0.2) is 0 Å². The number of alkyl halides is 3. The van der Waals surface area contributed by atoms with Gasteiger partial charge in [0.1, 0.15) is 10.8 Å². The van der Waals surface area contributed by atoms with Crippen LogP contribution in [0.5, 0.6) is 0 Å². The summed E-state index contributed by atoms with van der Waals surface area (Å²) in [5, 5.41) is 2.45. The molecule has 0 fully saturated rings. The van der Waals surface area contributed by atoms with Crippen molar-refractivity contribution in [2.75, 3.05) is 5.73 Å². The van der Waals surface area contributed by atoms with Gasteiger partial charge in [-0.05, 0) is 36.4 Å². The zero-order valence-electron chi connectivity index (χ0n) is 14.9. The number of nitrogen functional groups attached to an aromatic ring is 1. The molecular weight excluding hydrogens is 421 g/mol. The number of rotatable bonds is 3. The summed E-state index contributed by atoms with van der Waals surface area (Å²) in [6.45, 7) is 0. The molecule has 0 unspecified atom stereocenters. The zero-order chi connectivity index (χ0) is 21.6. The molecule has 11 heteroatoms. The van der Waals surface area contributed by atoms with Gasteiger partial charge in [-0.1, -0.05) is 11.8 Å². The fourth-order valence-electron chi connectivity index (χ4n) is 2.94. The van der Waals surface area contributed by atoms with Crippen molar-refractivity contribution < 1.29 is 22.8 Å². The van der Waals surface area contributed by atoms with Gasteiger partial charge >= 0.3 is 6.18 Å². The molecule has 0 spiro atoms. The Hall–Kier alpha value is -3.60. The van der Waals surface area contributed by atoms with Gasteiger partial charge in [0.05, 0.1) is 22.4 Å². The highest BCUT2D eigenvalue weighted by atomic mass is 32.2. The van der Waals surface area contributed by atoms with Crippen LogP contribution in [0.25, 0.3) is 5.69 Å². The predicted octanol–water partition coefficient (Wildman–Crippen LogP) is 2.87. The molecule has 0 bridgehead atoms. The van der Waals surface area contributed by atoms with Crippen LogP contribution in [0.15, 0.2) is 63.4 Å². The summed E-state index contributed by atoms with van der Waals surface area (Å²) in [6, 6.07) is 9.63. The molecule has 3 heterocycles. The number of imide groups is 1. The van der Waals surface area contributed by atoms with E-state index in [-0.39, 0.29) is 16.9 Å². The summed E-state index contributed by atoms with van der Waals surface area (Å²) in [7, 11) is 0. The molecular formula is C19H11F3N4O3S. The van der Waals surface area contributed by atoms with E-state index in [1.807, 2.05) is 0 Å². The smallest absolute Gasteiger partial charge is 0.384 e. The third kappa shape index (κ3) is 3.43. The number of carbonyl (C=O) groups is 2. The summed E-state index contributed by atoms with van der Waals surface area (Å²) in [5.41, 5.74) is 4.78. The molecule has 3 aromatic rings. The van der Waals surface area contributed by atoms with Crippen molar-refractivity contribution >= 4 is 29.4 Å². The fourth-order valence-corrected chi connectivity index (χ4v) is 3.69. The third-order valence-corrected chi connectivity index (χ3v) is 5.29. The highest BCUT2D eigenvalue weighted by Gasteiger charge is 2.32. The molecule has 7 nitrogen and oxygen atoms in total. The number of amides is 2. The molecule has 0 radical (unpaired) electrons. The Labute approximate surface area is 170 Å². The SMILES string of the molecule is Nc1c2c(cc(=O)n1-c1ccc(Sc3ccc(C(F)(F)F)cn3)cc1)C(=O)NC2=O. The van der Waals surface area contributed by atoms with E-state index >= 15 is 0 Å². The van der Waals surface area contributed by atoms with Crippen molar-refractivity contribution in [3.63, 3.8) is 0 Å². The lowest BCUT2D eigenvalue weighted by Gasteiger charge is -2.12. The van der Waals surface area contributed by atoms with Crippen molar-refractivity contribution in [2.45, 2.75) is 16.1 Å². The minimum atomic E-state index is -4.46. The summed E-state index contributed by atoms with van der Waals surface area (Å²) < 4.78 is 39.0. The Morgan fingerprint density at radius 2 is 1.70 bits per heavy atom. The van der Waals surface area contributed by atoms with Gasteiger partial charge in [-0.15, -0.1) is 0 Å². The molecule has 0 saturated heterocycles. The predicted molar refractivity (Wildman–Crippen MR) is 102 cm³/mol. The number of nitrogens with zero attached hydrogens (tertiary/aromatic N) is 2. The highest BCUT2D eigenvalue weighted by molar-refractivity contribution is 7.99. The van der Waals surface area contributed by atoms with Crippen LogP contribution in [-0.4, -0.2) is 21.4 Å². The van der Waals surface area contributed by atoms with E-state index < -0.39 is 29.1 Å². The number of nitrogens with one attached hydrogen (secondary N) is 1. The summed E-state index contributed by atoms with van der Waals surface area (Å²) in [6.07, 6.45) is -3.70. The van der Waals surface area contributed by atoms with E-state index in [2.05, 4.69) is 10.3 Å². The Bertz CT molecular complexity index is 1240. The van der Waals surface area contributed by atoms with Crippen molar-refractivity contribution in [2.24, 2.45) is 0 Å². The number of nitrogens with two attached hydrogens (primary N) is 1. The molecule has 1 aromatic carbocycles. The number of benzene rings is 1. The number of fused-ring (bicyclic) bond motifs is 1. The van der Waals surface area contributed by atoms with E-state index in [0.717, 1.165) is 34.7 Å². The minimum Gasteiger partial charge on any atom is -0.384 e. The lowest BCUT2D eigenvalue weighted by molar-refractivity contribution is -0.137. The maximum Gasteiger partial charge on any atom is 0.417 e. The van der Waals surface area contributed by atoms with E-state index in [0.29, 0.717) is 15.6 Å². The molecule has 2 aromatic heterocycles. The first-order chi connectivity index (χ1) is 14.1. The van der Waals surface area contributed by atoms with Crippen molar-refractivity contribution in [1.29, 1.82) is 0 Å². The maximum absolute atomic E-state index is 12.6. The van der Waals surface area contributed by atoms with E-state index in [9.17, 15) is 27.6 Å². The number of hydrogen-bond acceptors (Lipinski definition) is 6. The molecule has 1 aliphatic heterocycles. The van der Waals surface area contributed by atoms with Crippen LogP contribution in [0.2, 0.25) is 0 Å². The van der Waals surface area contributed by atoms with Crippen molar-refractivity contribution in [1.82, 2.24) is 14.9 Å². The topological polar surface area (TPSA) is 107 Å². The Balaban J connectivity index is 1.62. The Morgan fingerprint density at radius 3 is 2.30 bits per heavy atom. The lowest BCUT2D eigenvalue weighted by atomic mass is 10.1. The lowest BCUT2D eigenvalue weighted by Crippen LogP contribution is -2.24. The Kier molecular flexibility index (Phi) is 4.61. The minimum absolute atomic E-state index is 0.0630. The second kappa shape index (κ2) is 7.02. The van der Waals surface area contributed by atoms with Crippen LogP contribution in [0.1, 0.15) is 26.3 Å². The number of anilines is 1. The molecule has 3 N–H and O–H groups in total. The van der Waals surface area contributed by atoms with Crippen LogP contribution < -0.4 is 16.6 Å². The summed E-state index contributed by atoms with van der Waals surface area (Å²) in [4.78, 5) is 40.5. The first-order valence-electron chi connectivity index (χ1n) is 8.38. The van der Waals surface area contributed by atoms with Crippen LogP contribution in [-0.2, 0) is 6.18 Å². The number of pyridine rings is 2. The second-order valence-electron chi connectivity index (χ2n) is 6.25. The molecule has 0 atom stereocenters. The van der Waals surface area contributed by atoms with Crippen LogP contribution in [0.3, 0.4) is 0 Å². The normalized spacial score (nSPS) is 13.3. The zero-order valence-corrected chi connectivity index (χ0v) is 15.7. The van der Waals surface area contributed by atoms with Gasteiger partial charge in [0.25, 0.3) is 17.4 Å². The molecule has 0 aliphatic carbocycles. The molecule has 4 rings (SSSR count). The van der Waals surface area contributed by atoms with Gasteiger partial charge in [-0.2, -0.15) is 13.2 Å². The van der Waals surface area contributed by atoms with Gasteiger partial charge in [-0.3, -0.25) is 24.3 Å². The molecule has 2 amide bonds. The molecule has 152 valence electrons. The average Bonchev–Trinajstić information content (AvgIpc) is 2.96. The van der Waals surface area contributed by atoms with Gasteiger partial charge in [-0.25, -0.2) is 4.98 Å². The average molecular weight is 432 g/mol. The second-order valence-corrected chi connectivity index (χ2v) is 7.35. The number of aromatic nitrogens is 2. The first kappa shape index (κ1) is 19.7. The summed E-state index contributed by atoms with van der Waals surface area (Å²) in [5.74, 6) is -1.52. The maximum atomic E-state index is 12.6. The highest BCUT2D eigenvalue weighted by Crippen LogP contribution is 2.32. The third-order valence-electron chi connectivity index (χ3n) is 4.33. The molecule has 0 saturated carbocycles. The first-order valence-corrected chi connectivity index (χ1v) is 9.19. The molecule has 1 aliphatic rings. The van der Waals surface area contributed by atoms with Gasteiger partial charge < -0.3 is 5.73 Å². The monoisotopic (exact) mass is 432 g/mol. The fraction of sp³-hybridized carbons (Fsp3) is 0.0526. The van der Waals surface area contributed by atoms with Crippen LogP contribution in [0.4, 0.5) is 19.0 Å². The Morgan fingerprint density at radius 1 is 1.00 bits per heavy atom. The van der Waals surface area contributed by atoms with E-state index in [4.69, 9.17) is 5.73 Å². The van der Waals surface area contributed by atoms with E-state index in [1.54, 1.807) is 24.3 Å². The van der Waals surface area contributed by atoms with Crippen LogP contribution in [0, 0.1) is 0 Å². The van der Waals surface area contributed by atoms with Crippen LogP contribution >= 0.6 is 11.8 Å². The standard InChI is InChI=1S/C19H11F3N4O3S/c20-19(21,22)9-1-6-13(24-8-9)30-11-4-2-10(3-5-11)26-14(27)7-12-15(16(26)23)18(29)25-17(12)28/h1-8H,23H2,(H,25,28,29). The number of carbonyl (C=O) groups excluding carboxylic acids is 2. The number of hydrogen-bond donors (Lipinski definition) is 2. The quantitative estimate of drug-likeness (QED) is 0.617. The van der Waals surface area contributed by atoms with Crippen molar-refractivity contribution in [3.8, 4) is 5.69 Å². The summed E-state index contributed by atoms with van der Waals surface area (Å²) >= 11 is 1.13.